The van der Waals surface area contributed by atoms with Crippen molar-refractivity contribution in [3.05, 3.63) is 68.6 Å². The quantitative estimate of drug-likeness (QED) is 0.901. The summed E-state index contributed by atoms with van der Waals surface area (Å²) in [6.45, 7) is 6.81. The molecule has 0 bridgehead atoms. The van der Waals surface area contributed by atoms with Crippen molar-refractivity contribution >= 4 is 6.03 Å². The van der Waals surface area contributed by atoms with Crippen LogP contribution in [-0.4, -0.2) is 22.5 Å². The maximum atomic E-state index is 12.7. The van der Waals surface area contributed by atoms with E-state index in [1.54, 1.807) is 0 Å². The van der Waals surface area contributed by atoms with Crippen molar-refractivity contribution in [1.82, 2.24) is 15.2 Å². The highest BCUT2D eigenvalue weighted by molar-refractivity contribution is 5.75. The first-order valence-corrected chi connectivity index (χ1v) is 8.76. The molecule has 5 nitrogen and oxygen atoms in total. The van der Waals surface area contributed by atoms with Crippen molar-refractivity contribution in [3.63, 3.8) is 0 Å². The Labute approximate surface area is 148 Å². The van der Waals surface area contributed by atoms with Crippen molar-refractivity contribution in [2.75, 3.05) is 6.54 Å². The lowest BCUT2D eigenvalue weighted by Crippen LogP contribution is -2.40. The molecule has 0 spiro atoms. The molecule has 0 aliphatic carbocycles. The normalized spacial score (nSPS) is 16.9. The van der Waals surface area contributed by atoms with Crippen LogP contribution in [0.5, 0.6) is 0 Å². The Kier molecular flexibility index (Phi) is 4.93. The van der Waals surface area contributed by atoms with Gasteiger partial charge in [0.2, 0.25) is 0 Å². The van der Waals surface area contributed by atoms with Gasteiger partial charge < -0.3 is 15.2 Å². The zero-order valence-electron chi connectivity index (χ0n) is 15.1. The number of nitrogens with one attached hydrogen (secondary N) is 2. The smallest absolute Gasteiger partial charge is 0.318 e. The number of amides is 2. The molecule has 1 atom stereocenters. The molecular formula is C20H25N3O2. The minimum atomic E-state index is -0.130. The van der Waals surface area contributed by atoms with Gasteiger partial charge in [-0.2, -0.15) is 0 Å². The Morgan fingerprint density at radius 2 is 2.08 bits per heavy atom. The highest BCUT2D eigenvalue weighted by atomic mass is 16.2. The van der Waals surface area contributed by atoms with Crippen LogP contribution in [0.1, 0.15) is 46.8 Å². The summed E-state index contributed by atoms with van der Waals surface area (Å²) in [6.07, 6.45) is 1.97. The Bertz CT molecular complexity index is 841. The van der Waals surface area contributed by atoms with Crippen LogP contribution in [0.3, 0.4) is 0 Å². The average molecular weight is 339 g/mol. The van der Waals surface area contributed by atoms with Gasteiger partial charge in [0.25, 0.3) is 5.56 Å². The molecule has 1 aromatic carbocycles. The molecule has 2 N–H and O–H groups in total. The molecule has 2 heterocycles. The SMILES string of the molecule is Cc1cccc(C2CCCN2C(=O)NCc2c(C)cc(C)[nH]c2=O)c1. The van der Waals surface area contributed by atoms with Gasteiger partial charge in [0, 0.05) is 17.8 Å². The van der Waals surface area contributed by atoms with E-state index in [0.29, 0.717) is 5.56 Å². The van der Waals surface area contributed by atoms with E-state index < -0.39 is 0 Å². The predicted molar refractivity (Wildman–Crippen MR) is 98.6 cm³/mol. The van der Waals surface area contributed by atoms with E-state index in [1.807, 2.05) is 30.9 Å². The van der Waals surface area contributed by atoms with Crippen LogP contribution in [0, 0.1) is 20.8 Å². The number of hydrogen-bond donors (Lipinski definition) is 2. The summed E-state index contributed by atoms with van der Waals surface area (Å²) in [5.41, 5.74) is 4.60. The number of hydrogen-bond acceptors (Lipinski definition) is 2. The topological polar surface area (TPSA) is 65.2 Å². The van der Waals surface area contributed by atoms with Crippen molar-refractivity contribution in [1.29, 1.82) is 0 Å². The van der Waals surface area contributed by atoms with E-state index in [-0.39, 0.29) is 24.2 Å². The van der Waals surface area contributed by atoms with Crippen molar-refractivity contribution in [2.45, 2.75) is 46.2 Å². The number of carbonyl (C=O) groups is 1. The van der Waals surface area contributed by atoms with Gasteiger partial charge in [0.05, 0.1) is 12.6 Å². The largest absolute Gasteiger partial charge is 0.334 e. The molecule has 1 aliphatic heterocycles. The van der Waals surface area contributed by atoms with Crippen LogP contribution in [0.15, 0.2) is 35.1 Å². The molecule has 1 aliphatic rings. The number of aromatic amines is 1. The maximum absolute atomic E-state index is 12.7. The fraction of sp³-hybridized carbons (Fsp3) is 0.400. The van der Waals surface area contributed by atoms with Gasteiger partial charge >= 0.3 is 6.03 Å². The van der Waals surface area contributed by atoms with E-state index in [4.69, 9.17) is 0 Å². The number of carbonyl (C=O) groups excluding carboxylic acids is 1. The second-order valence-corrected chi connectivity index (χ2v) is 6.87. The highest BCUT2D eigenvalue weighted by Crippen LogP contribution is 2.32. The third-order valence-electron chi connectivity index (χ3n) is 4.85. The Balaban J connectivity index is 1.72. The highest BCUT2D eigenvalue weighted by Gasteiger charge is 2.29. The first-order chi connectivity index (χ1) is 12.0. The molecule has 0 saturated carbocycles. The molecule has 25 heavy (non-hydrogen) atoms. The van der Waals surface area contributed by atoms with Gasteiger partial charge in [-0.3, -0.25) is 4.79 Å². The van der Waals surface area contributed by atoms with E-state index in [9.17, 15) is 9.59 Å². The van der Waals surface area contributed by atoms with Gasteiger partial charge in [-0.05, 0) is 50.8 Å². The zero-order chi connectivity index (χ0) is 18.0. The summed E-state index contributed by atoms with van der Waals surface area (Å²) >= 11 is 0. The first-order valence-electron chi connectivity index (χ1n) is 8.76. The summed E-state index contributed by atoms with van der Waals surface area (Å²) in [5.74, 6) is 0. The maximum Gasteiger partial charge on any atom is 0.318 e. The summed E-state index contributed by atoms with van der Waals surface area (Å²) in [5, 5.41) is 2.92. The number of rotatable bonds is 3. The number of urea groups is 1. The van der Waals surface area contributed by atoms with Gasteiger partial charge in [-0.15, -0.1) is 0 Å². The average Bonchev–Trinajstić information content (AvgIpc) is 3.03. The molecule has 1 saturated heterocycles. The Hall–Kier alpha value is -2.56. The van der Waals surface area contributed by atoms with Crippen LogP contribution >= 0.6 is 0 Å². The van der Waals surface area contributed by atoms with Gasteiger partial charge in [0.15, 0.2) is 0 Å². The lowest BCUT2D eigenvalue weighted by molar-refractivity contribution is 0.192. The van der Waals surface area contributed by atoms with E-state index in [0.717, 1.165) is 30.6 Å². The summed E-state index contributed by atoms with van der Waals surface area (Å²) in [6, 6.07) is 10.3. The monoisotopic (exact) mass is 339 g/mol. The molecule has 2 aromatic rings. The van der Waals surface area contributed by atoms with Crippen LogP contribution in [0.25, 0.3) is 0 Å². The fourth-order valence-electron chi connectivity index (χ4n) is 3.60. The third kappa shape index (κ3) is 3.76. The second-order valence-electron chi connectivity index (χ2n) is 6.87. The van der Waals surface area contributed by atoms with Gasteiger partial charge in [0.1, 0.15) is 0 Å². The van der Waals surface area contributed by atoms with E-state index >= 15 is 0 Å². The standard InChI is InChI=1S/C20H25N3O2/c1-13-6-4-7-16(10-13)18-8-5-9-23(18)20(25)21-12-17-14(2)11-15(3)22-19(17)24/h4,6-7,10-11,18H,5,8-9,12H2,1-3H3,(H,21,25)(H,22,24). The molecular weight excluding hydrogens is 314 g/mol. The predicted octanol–water partition coefficient (Wildman–Crippen LogP) is 3.35. The number of likely N-dealkylation sites (tertiary alicyclic amines) is 1. The number of benzene rings is 1. The minimum Gasteiger partial charge on any atom is -0.334 e. The van der Waals surface area contributed by atoms with Crippen molar-refractivity contribution in [2.24, 2.45) is 0 Å². The number of H-pyrrole nitrogens is 1. The summed E-state index contributed by atoms with van der Waals surface area (Å²) in [4.78, 5) is 29.5. The van der Waals surface area contributed by atoms with E-state index in [2.05, 4.69) is 35.4 Å². The zero-order valence-corrected chi connectivity index (χ0v) is 15.1. The molecule has 132 valence electrons. The molecule has 1 fully saturated rings. The molecule has 0 radical (unpaired) electrons. The fourth-order valence-corrected chi connectivity index (χ4v) is 3.60. The van der Waals surface area contributed by atoms with Crippen molar-refractivity contribution in [3.8, 4) is 0 Å². The van der Waals surface area contributed by atoms with Crippen molar-refractivity contribution < 1.29 is 4.79 Å². The van der Waals surface area contributed by atoms with Crippen LogP contribution < -0.4 is 10.9 Å². The molecule has 1 unspecified atom stereocenters. The number of aromatic nitrogens is 1. The number of nitrogens with zero attached hydrogens (tertiary/aromatic N) is 1. The Morgan fingerprint density at radius 3 is 2.80 bits per heavy atom. The van der Waals surface area contributed by atoms with Gasteiger partial charge in [-0.1, -0.05) is 29.8 Å². The second kappa shape index (κ2) is 7.13. The number of aryl methyl sites for hydroxylation is 3. The summed E-state index contributed by atoms with van der Waals surface area (Å²) < 4.78 is 0. The number of pyridine rings is 1. The summed E-state index contributed by atoms with van der Waals surface area (Å²) in [7, 11) is 0. The van der Waals surface area contributed by atoms with E-state index in [1.165, 1.54) is 11.1 Å². The lowest BCUT2D eigenvalue weighted by atomic mass is 10.0. The Morgan fingerprint density at radius 1 is 1.28 bits per heavy atom. The van der Waals surface area contributed by atoms with Gasteiger partial charge in [-0.25, -0.2) is 4.79 Å². The third-order valence-corrected chi connectivity index (χ3v) is 4.85. The van der Waals surface area contributed by atoms with Crippen LogP contribution in [-0.2, 0) is 6.54 Å². The molecule has 5 heteroatoms. The first kappa shape index (κ1) is 17.3. The minimum absolute atomic E-state index is 0.108. The lowest BCUT2D eigenvalue weighted by Gasteiger charge is -2.25. The molecule has 1 aromatic heterocycles. The molecule has 2 amide bonds. The van der Waals surface area contributed by atoms with Crippen LogP contribution in [0.4, 0.5) is 4.79 Å². The molecule has 3 rings (SSSR count). The van der Waals surface area contributed by atoms with Crippen LogP contribution in [0.2, 0.25) is 0 Å².